The van der Waals surface area contributed by atoms with E-state index in [0.29, 0.717) is 12.5 Å². The Bertz CT molecular complexity index is 449. The fraction of sp³-hybridized carbons (Fsp3) is 0.450. The van der Waals surface area contributed by atoms with Gasteiger partial charge in [0, 0.05) is 6.08 Å². The van der Waals surface area contributed by atoms with Crippen molar-refractivity contribution < 1.29 is 9.53 Å². The van der Waals surface area contributed by atoms with Gasteiger partial charge in [-0.2, -0.15) is 0 Å². The van der Waals surface area contributed by atoms with Gasteiger partial charge in [0.25, 0.3) is 0 Å². The zero-order valence-electron chi connectivity index (χ0n) is 14.3. The molecule has 0 aliphatic carbocycles. The Morgan fingerprint density at radius 2 is 1.95 bits per heavy atom. The Hall–Kier alpha value is -1.83. The van der Waals surface area contributed by atoms with Crippen molar-refractivity contribution in [3.63, 3.8) is 0 Å². The predicted octanol–water partition coefficient (Wildman–Crippen LogP) is 5.57. The average molecular weight is 302 g/mol. The second-order valence-corrected chi connectivity index (χ2v) is 5.31. The molecule has 2 nitrogen and oxygen atoms in total. The molecule has 0 N–H and O–H groups in total. The van der Waals surface area contributed by atoms with E-state index in [1.807, 2.05) is 18.2 Å². The Kier molecular flexibility index (Phi) is 11.8. The lowest BCUT2D eigenvalue weighted by Gasteiger charge is -2.13. The second-order valence-electron chi connectivity index (χ2n) is 5.31. The van der Waals surface area contributed by atoms with Crippen LogP contribution < -0.4 is 0 Å². The minimum atomic E-state index is -0.310. The third-order valence-corrected chi connectivity index (χ3v) is 3.58. The van der Waals surface area contributed by atoms with Gasteiger partial charge in [-0.1, -0.05) is 76.6 Å². The lowest BCUT2D eigenvalue weighted by Crippen LogP contribution is -2.12. The monoisotopic (exact) mass is 302 g/mol. The van der Waals surface area contributed by atoms with E-state index < -0.39 is 0 Å². The fourth-order valence-corrected chi connectivity index (χ4v) is 1.97. The maximum Gasteiger partial charge on any atom is 0.330 e. The van der Waals surface area contributed by atoms with Crippen molar-refractivity contribution in [2.45, 2.75) is 46.5 Å². The zero-order valence-corrected chi connectivity index (χ0v) is 14.3. The van der Waals surface area contributed by atoms with E-state index in [2.05, 4.69) is 46.1 Å². The quantitative estimate of drug-likeness (QED) is 0.463. The van der Waals surface area contributed by atoms with Gasteiger partial charge < -0.3 is 4.74 Å². The van der Waals surface area contributed by atoms with E-state index in [4.69, 9.17) is 4.74 Å². The van der Waals surface area contributed by atoms with Gasteiger partial charge in [-0.25, -0.2) is 4.79 Å². The van der Waals surface area contributed by atoms with Crippen LogP contribution in [0.3, 0.4) is 0 Å². The van der Waals surface area contributed by atoms with Crippen LogP contribution in [0, 0.1) is 12.8 Å². The van der Waals surface area contributed by atoms with Crippen LogP contribution >= 0.6 is 0 Å². The number of unbranched alkanes of at least 4 members (excludes halogenated alkanes) is 1. The van der Waals surface area contributed by atoms with Gasteiger partial charge in [0.1, 0.15) is 0 Å². The lowest BCUT2D eigenvalue weighted by atomic mass is 10.0. The molecule has 0 fully saturated rings. The summed E-state index contributed by atoms with van der Waals surface area (Å²) in [7, 11) is 0. The molecule has 22 heavy (non-hydrogen) atoms. The van der Waals surface area contributed by atoms with E-state index in [9.17, 15) is 4.79 Å². The summed E-state index contributed by atoms with van der Waals surface area (Å²) in [5, 5.41) is 0. The van der Waals surface area contributed by atoms with Crippen molar-refractivity contribution in [1.82, 2.24) is 0 Å². The summed E-state index contributed by atoms with van der Waals surface area (Å²) in [6, 6.07) is 8.19. The number of ether oxygens (including phenoxy) is 1. The van der Waals surface area contributed by atoms with Crippen LogP contribution in [0.5, 0.6) is 0 Å². The first-order valence-corrected chi connectivity index (χ1v) is 8.06. The third-order valence-electron chi connectivity index (χ3n) is 3.58. The number of esters is 1. The first-order chi connectivity index (χ1) is 10.6. The maximum absolute atomic E-state index is 10.8. The number of carbonyl (C=O) groups excluding carboxylic acids is 1. The van der Waals surface area contributed by atoms with Crippen molar-refractivity contribution in [3.05, 3.63) is 54.6 Å². The Morgan fingerprint density at radius 1 is 1.27 bits per heavy atom. The van der Waals surface area contributed by atoms with Gasteiger partial charge in [0.05, 0.1) is 6.61 Å². The normalized spacial score (nSPS) is 10.9. The van der Waals surface area contributed by atoms with Crippen LogP contribution in [-0.2, 0) is 9.53 Å². The number of benzene rings is 1. The first kappa shape index (κ1) is 20.2. The molecule has 0 amide bonds. The van der Waals surface area contributed by atoms with E-state index in [-0.39, 0.29) is 5.97 Å². The molecule has 0 aromatic heterocycles. The van der Waals surface area contributed by atoms with Crippen molar-refractivity contribution in [2.24, 2.45) is 5.92 Å². The summed E-state index contributed by atoms with van der Waals surface area (Å²) >= 11 is 0. The molecule has 1 aromatic rings. The first-order valence-electron chi connectivity index (χ1n) is 8.06. The number of hydrogen-bond donors (Lipinski definition) is 0. The van der Waals surface area contributed by atoms with Gasteiger partial charge in [0.2, 0.25) is 0 Å². The molecule has 0 saturated heterocycles. The molecule has 0 saturated carbocycles. The molecule has 0 aliphatic heterocycles. The average Bonchev–Trinajstić information content (AvgIpc) is 2.55. The number of aryl methyl sites for hydroxylation is 1. The number of hydrogen-bond acceptors (Lipinski definition) is 2. The molecule has 2 heteroatoms. The molecule has 0 aliphatic rings. The van der Waals surface area contributed by atoms with Crippen molar-refractivity contribution in [1.29, 1.82) is 0 Å². The molecule has 1 unspecified atom stereocenters. The van der Waals surface area contributed by atoms with E-state index in [1.165, 1.54) is 30.0 Å². The SMILES string of the molecule is C=CC(=O)OCC(CC)CCCC.C=Cc1ccccc1C. The highest BCUT2D eigenvalue weighted by atomic mass is 16.5. The van der Waals surface area contributed by atoms with Crippen LogP contribution in [0.15, 0.2) is 43.5 Å². The molecular formula is C20H30O2. The summed E-state index contributed by atoms with van der Waals surface area (Å²) in [6.07, 6.45) is 7.72. The van der Waals surface area contributed by atoms with Gasteiger partial charge in [-0.15, -0.1) is 0 Å². The van der Waals surface area contributed by atoms with Gasteiger partial charge in [-0.3, -0.25) is 0 Å². The zero-order chi connectivity index (χ0) is 16.8. The highest BCUT2D eigenvalue weighted by molar-refractivity contribution is 5.81. The topological polar surface area (TPSA) is 26.3 Å². The van der Waals surface area contributed by atoms with Crippen molar-refractivity contribution in [2.75, 3.05) is 6.61 Å². The summed E-state index contributed by atoms with van der Waals surface area (Å²) in [5.74, 6) is 0.207. The highest BCUT2D eigenvalue weighted by Gasteiger charge is 2.07. The predicted molar refractivity (Wildman–Crippen MR) is 95.7 cm³/mol. The van der Waals surface area contributed by atoms with Gasteiger partial charge in [-0.05, 0) is 30.4 Å². The smallest absolute Gasteiger partial charge is 0.330 e. The molecule has 122 valence electrons. The van der Waals surface area contributed by atoms with Crippen LogP contribution in [0.25, 0.3) is 6.08 Å². The van der Waals surface area contributed by atoms with Gasteiger partial charge in [0.15, 0.2) is 0 Å². The Morgan fingerprint density at radius 3 is 2.41 bits per heavy atom. The van der Waals surface area contributed by atoms with Crippen LogP contribution in [0.1, 0.15) is 50.7 Å². The largest absolute Gasteiger partial charge is 0.462 e. The van der Waals surface area contributed by atoms with Crippen molar-refractivity contribution in [3.8, 4) is 0 Å². The summed E-state index contributed by atoms with van der Waals surface area (Å²) in [6.45, 7) is 14.0. The molecule has 0 radical (unpaired) electrons. The molecule has 1 atom stereocenters. The standard InChI is InChI=1S/C11H20O2.C9H10/c1-4-7-8-10(5-2)9-13-11(12)6-3;1-3-9-7-5-4-6-8(9)2/h6,10H,3-5,7-9H2,1-2H3;3-7H,1H2,2H3. The second kappa shape index (κ2) is 12.9. The lowest BCUT2D eigenvalue weighted by molar-refractivity contribution is -0.139. The molecular weight excluding hydrogens is 272 g/mol. The number of carbonyl (C=O) groups is 1. The Labute approximate surface area is 135 Å². The van der Waals surface area contributed by atoms with Crippen molar-refractivity contribution >= 4 is 12.0 Å². The van der Waals surface area contributed by atoms with E-state index in [1.54, 1.807) is 0 Å². The Balaban J connectivity index is 0.000000425. The van der Waals surface area contributed by atoms with Crippen LogP contribution in [-0.4, -0.2) is 12.6 Å². The molecule has 0 spiro atoms. The van der Waals surface area contributed by atoms with Crippen LogP contribution in [0.4, 0.5) is 0 Å². The third kappa shape index (κ3) is 9.17. The molecule has 1 aromatic carbocycles. The summed E-state index contributed by atoms with van der Waals surface area (Å²) in [5.41, 5.74) is 2.50. The molecule has 0 bridgehead atoms. The minimum absolute atomic E-state index is 0.310. The van der Waals surface area contributed by atoms with E-state index >= 15 is 0 Å². The molecule has 1 rings (SSSR count). The van der Waals surface area contributed by atoms with Crippen LogP contribution in [0.2, 0.25) is 0 Å². The minimum Gasteiger partial charge on any atom is -0.462 e. The van der Waals surface area contributed by atoms with E-state index in [0.717, 1.165) is 12.8 Å². The number of rotatable bonds is 8. The summed E-state index contributed by atoms with van der Waals surface area (Å²) < 4.78 is 4.98. The fourth-order valence-electron chi connectivity index (χ4n) is 1.97. The maximum atomic E-state index is 10.8. The highest BCUT2D eigenvalue weighted by Crippen LogP contribution is 2.12. The molecule has 0 heterocycles. The summed E-state index contributed by atoms with van der Waals surface area (Å²) in [4.78, 5) is 10.8. The van der Waals surface area contributed by atoms with Gasteiger partial charge >= 0.3 is 5.97 Å².